The van der Waals surface area contributed by atoms with Gasteiger partial charge in [-0.05, 0) is 55.7 Å². The number of carbonyl (C=O) groups excluding carboxylic acids is 2. The molecule has 1 unspecified atom stereocenters. The van der Waals surface area contributed by atoms with Crippen molar-refractivity contribution in [2.45, 2.75) is 32.7 Å². The molecule has 0 fully saturated rings. The summed E-state index contributed by atoms with van der Waals surface area (Å²) in [7, 11) is 0. The number of hydrogen-bond donors (Lipinski definition) is 1. The molecule has 1 N–H and O–H groups in total. The Morgan fingerprint density at radius 1 is 1.12 bits per heavy atom. The van der Waals surface area contributed by atoms with E-state index in [0.717, 1.165) is 11.1 Å². The Morgan fingerprint density at radius 3 is 2.42 bits per heavy atom. The molecule has 2 aromatic carbocycles. The molecule has 0 saturated heterocycles. The van der Waals surface area contributed by atoms with Gasteiger partial charge in [-0.3, -0.25) is 4.79 Å². The monoisotopic (exact) mass is 393 g/mol. The van der Waals surface area contributed by atoms with Gasteiger partial charge in [-0.2, -0.15) is 0 Å². The van der Waals surface area contributed by atoms with E-state index in [9.17, 15) is 9.59 Å². The lowest BCUT2D eigenvalue weighted by atomic mass is 10.1. The van der Waals surface area contributed by atoms with E-state index in [1.54, 1.807) is 37.3 Å². The maximum absolute atomic E-state index is 12.1. The van der Waals surface area contributed by atoms with E-state index in [-0.39, 0.29) is 24.3 Å². The van der Waals surface area contributed by atoms with Gasteiger partial charge in [0.05, 0.1) is 6.04 Å². The highest BCUT2D eigenvalue weighted by Crippen LogP contribution is 2.26. The number of Topliss-reactive ketones (excluding diaryl/α,β-unsaturated/α-hetero) is 1. The third kappa shape index (κ3) is 6.36. The highest BCUT2D eigenvalue weighted by molar-refractivity contribution is 6.35. The van der Waals surface area contributed by atoms with Gasteiger partial charge in [0.1, 0.15) is 11.5 Å². The second-order valence-electron chi connectivity index (χ2n) is 6.09. The minimum Gasteiger partial charge on any atom is -0.484 e. The number of ketones is 1. The molecule has 0 aliphatic carbocycles. The predicted octanol–water partition coefficient (Wildman–Crippen LogP) is 4.77. The van der Waals surface area contributed by atoms with Crippen LogP contribution < -0.4 is 10.1 Å². The molecule has 6 heteroatoms. The van der Waals surface area contributed by atoms with E-state index in [1.807, 2.05) is 19.1 Å². The smallest absolute Gasteiger partial charge is 0.258 e. The third-order valence-corrected chi connectivity index (χ3v) is 4.43. The van der Waals surface area contributed by atoms with Gasteiger partial charge < -0.3 is 14.8 Å². The average Bonchev–Trinajstić information content (AvgIpc) is 2.58. The molecule has 0 heterocycles. The van der Waals surface area contributed by atoms with Crippen LogP contribution in [0.25, 0.3) is 0 Å². The van der Waals surface area contributed by atoms with Gasteiger partial charge in [-0.1, -0.05) is 41.4 Å². The van der Waals surface area contributed by atoms with Crippen LogP contribution in [0.2, 0.25) is 10.0 Å². The van der Waals surface area contributed by atoms with Crippen LogP contribution in [0.4, 0.5) is 0 Å². The van der Waals surface area contributed by atoms with Crippen LogP contribution in [0.5, 0.6) is 5.75 Å². The number of hydrogen-bond acceptors (Lipinski definition) is 3. The third-order valence-electron chi connectivity index (χ3n) is 3.87. The second-order valence-corrected chi connectivity index (χ2v) is 6.93. The molecular formula is C20H21Cl2NO3. The van der Waals surface area contributed by atoms with Gasteiger partial charge in [0.15, 0.2) is 6.61 Å². The summed E-state index contributed by atoms with van der Waals surface area (Å²) in [6.45, 7) is 3.33. The van der Waals surface area contributed by atoms with Gasteiger partial charge in [0.25, 0.3) is 5.91 Å². The van der Waals surface area contributed by atoms with E-state index in [2.05, 4.69) is 5.32 Å². The van der Waals surface area contributed by atoms with Gasteiger partial charge in [0.2, 0.25) is 0 Å². The first kappa shape index (κ1) is 20.3. The molecule has 4 nitrogen and oxygen atoms in total. The molecule has 0 aliphatic heterocycles. The summed E-state index contributed by atoms with van der Waals surface area (Å²) in [5.74, 6) is 0.519. The molecule has 0 saturated carbocycles. The van der Waals surface area contributed by atoms with E-state index >= 15 is 0 Å². The minimum atomic E-state index is -0.259. The Morgan fingerprint density at radius 2 is 1.81 bits per heavy atom. The summed E-state index contributed by atoms with van der Waals surface area (Å²) < 4.78 is 5.50. The fourth-order valence-corrected chi connectivity index (χ4v) is 3.01. The van der Waals surface area contributed by atoms with E-state index < -0.39 is 0 Å². The summed E-state index contributed by atoms with van der Waals surface area (Å²) in [6.07, 6.45) is 1.23. The van der Waals surface area contributed by atoms with Crippen LogP contribution in [0, 0.1) is 0 Å². The van der Waals surface area contributed by atoms with Crippen molar-refractivity contribution in [2.24, 2.45) is 0 Å². The Balaban J connectivity index is 1.83. The standard InChI is InChI=1S/C20H21Cl2NO3/c1-13(24)3-4-15-5-8-17(9-6-15)26-12-20(25)23-14(2)18-10-7-16(21)11-19(18)22/h5-11,14H,3-4,12H2,1-2H3,(H,23,25). The van der Waals surface area contributed by atoms with Gasteiger partial charge in [-0.25, -0.2) is 0 Å². The van der Waals surface area contributed by atoms with Crippen LogP contribution >= 0.6 is 23.2 Å². The van der Waals surface area contributed by atoms with Crippen molar-refractivity contribution >= 4 is 34.9 Å². The van der Waals surface area contributed by atoms with E-state index in [4.69, 9.17) is 27.9 Å². The fourth-order valence-electron chi connectivity index (χ4n) is 2.44. The molecule has 0 aromatic heterocycles. The predicted molar refractivity (Wildman–Crippen MR) is 104 cm³/mol. The summed E-state index contributed by atoms with van der Waals surface area (Å²) >= 11 is 12.0. The van der Waals surface area contributed by atoms with E-state index in [0.29, 0.717) is 28.6 Å². The maximum atomic E-state index is 12.1. The first-order chi connectivity index (χ1) is 12.3. The van der Waals surface area contributed by atoms with Crippen molar-refractivity contribution in [1.82, 2.24) is 5.32 Å². The summed E-state index contributed by atoms with van der Waals surface area (Å²) in [5, 5.41) is 3.90. The Kier molecular flexibility index (Phi) is 7.49. The lowest BCUT2D eigenvalue weighted by molar-refractivity contribution is -0.123. The zero-order valence-corrected chi connectivity index (χ0v) is 16.2. The Bertz CT molecular complexity index is 775. The van der Waals surface area contributed by atoms with Gasteiger partial charge >= 0.3 is 0 Å². The van der Waals surface area contributed by atoms with Crippen molar-refractivity contribution in [3.05, 3.63) is 63.6 Å². The SMILES string of the molecule is CC(=O)CCc1ccc(OCC(=O)NC(C)c2ccc(Cl)cc2Cl)cc1. The molecule has 1 atom stereocenters. The number of amides is 1. The zero-order chi connectivity index (χ0) is 19.1. The molecular weight excluding hydrogens is 373 g/mol. The lowest BCUT2D eigenvalue weighted by Crippen LogP contribution is -2.31. The molecule has 0 spiro atoms. The number of halogens is 2. The van der Waals surface area contributed by atoms with E-state index in [1.165, 1.54) is 0 Å². The Hall–Kier alpha value is -2.04. The topological polar surface area (TPSA) is 55.4 Å². The molecule has 0 radical (unpaired) electrons. The number of nitrogens with one attached hydrogen (secondary N) is 1. The van der Waals surface area contributed by atoms with Crippen molar-refractivity contribution in [2.75, 3.05) is 6.61 Å². The van der Waals surface area contributed by atoms with Crippen LogP contribution in [0.15, 0.2) is 42.5 Å². The number of aryl methyl sites for hydroxylation is 1. The van der Waals surface area contributed by atoms with Gasteiger partial charge in [-0.15, -0.1) is 0 Å². The average molecular weight is 394 g/mol. The largest absolute Gasteiger partial charge is 0.484 e. The first-order valence-electron chi connectivity index (χ1n) is 8.30. The highest BCUT2D eigenvalue weighted by atomic mass is 35.5. The fraction of sp³-hybridized carbons (Fsp3) is 0.300. The molecule has 2 aromatic rings. The van der Waals surface area contributed by atoms with Gasteiger partial charge in [0, 0.05) is 16.5 Å². The van der Waals surface area contributed by atoms with Crippen molar-refractivity contribution in [3.63, 3.8) is 0 Å². The Labute approximate surface area is 163 Å². The van der Waals surface area contributed by atoms with Crippen molar-refractivity contribution in [3.8, 4) is 5.75 Å². The van der Waals surface area contributed by atoms with Crippen LogP contribution in [-0.2, 0) is 16.0 Å². The molecule has 1 amide bonds. The molecule has 26 heavy (non-hydrogen) atoms. The van der Waals surface area contributed by atoms with Crippen molar-refractivity contribution < 1.29 is 14.3 Å². The second kappa shape index (κ2) is 9.60. The summed E-state index contributed by atoms with van der Waals surface area (Å²) in [5.41, 5.74) is 1.85. The summed E-state index contributed by atoms with van der Waals surface area (Å²) in [6, 6.07) is 12.3. The molecule has 0 aliphatic rings. The van der Waals surface area contributed by atoms with Crippen LogP contribution in [-0.4, -0.2) is 18.3 Å². The molecule has 138 valence electrons. The number of benzene rings is 2. The molecule has 0 bridgehead atoms. The van der Waals surface area contributed by atoms with Crippen LogP contribution in [0.3, 0.4) is 0 Å². The normalized spacial score (nSPS) is 11.7. The number of carbonyl (C=O) groups is 2. The first-order valence-corrected chi connectivity index (χ1v) is 9.06. The lowest BCUT2D eigenvalue weighted by Gasteiger charge is -2.16. The minimum absolute atomic E-state index is 0.0949. The van der Waals surface area contributed by atoms with Crippen molar-refractivity contribution in [1.29, 1.82) is 0 Å². The van der Waals surface area contributed by atoms with Crippen LogP contribution in [0.1, 0.15) is 37.4 Å². The maximum Gasteiger partial charge on any atom is 0.258 e. The zero-order valence-electron chi connectivity index (χ0n) is 14.7. The summed E-state index contributed by atoms with van der Waals surface area (Å²) in [4.78, 5) is 23.1. The molecule has 2 rings (SSSR count). The number of rotatable bonds is 8. The quantitative estimate of drug-likeness (QED) is 0.702. The highest BCUT2D eigenvalue weighted by Gasteiger charge is 2.13. The number of ether oxygens (including phenoxy) is 1.